The fourth-order valence-electron chi connectivity index (χ4n) is 2.87. The van der Waals surface area contributed by atoms with E-state index in [1.165, 1.54) is 6.07 Å². The zero-order chi connectivity index (χ0) is 14.7. The number of benzene rings is 1. The molecule has 3 nitrogen and oxygen atoms in total. The summed E-state index contributed by atoms with van der Waals surface area (Å²) < 4.78 is 14.1. The molecule has 1 aromatic carbocycles. The molecule has 0 bridgehead atoms. The number of hydrogen-bond acceptors (Lipinski definition) is 3. The maximum atomic E-state index is 14.1. The molecule has 4 heteroatoms. The highest BCUT2D eigenvalue weighted by molar-refractivity contribution is 5.56. The predicted molar refractivity (Wildman–Crippen MR) is 80.5 cm³/mol. The van der Waals surface area contributed by atoms with Crippen LogP contribution in [-0.2, 0) is 0 Å². The van der Waals surface area contributed by atoms with Gasteiger partial charge in [-0.05, 0) is 18.9 Å². The van der Waals surface area contributed by atoms with E-state index in [0.29, 0.717) is 17.2 Å². The summed E-state index contributed by atoms with van der Waals surface area (Å²) >= 11 is 0. The van der Waals surface area contributed by atoms with Crippen LogP contribution in [-0.4, -0.2) is 42.7 Å². The van der Waals surface area contributed by atoms with Crippen LogP contribution in [0.2, 0.25) is 0 Å². The van der Waals surface area contributed by atoms with Gasteiger partial charge in [0.2, 0.25) is 0 Å². The van der Waals surface area contributed by atoms with Crippen molar-refractivity contribution < 1.29 is 9.50 Å². The molecule has 0 aromatic heterocycles. The minimum atomic E-state index is -0.644. The van der Waals surface area contributed by atoms with Crippen molar-refractivity contribution in [2.75, 3.05) is 37.6 Å². The summed E-state index contributed by atoms with van der Waals surface area (Å²) in [5.41, 5.74) is 1.26. The van der Waals surface area contributed by atoms with Crippen LogP contribution in [0.3, 0.4) is 0 Å². The fourth-order valence-corrected chi connectivity index (χ4v) is 2.87. The van der Waals surface area contributed by atoms with Crippen LogP contribution in [0.1, 0.15) is 32.4 Å². The van der Waals surface area contributed by atoms with E-state index in [1.54, 1.807) is 13.0 Å². The van der Waals surface area contributed by atoms with Gasteiger partial charge < -0.3 is 10.0 Å². The van der Waals surface area contributed by atoms with Gasteiger partial charge in [0.25, 0.3) is 0 Å². The molecule has 20 heavy (non-hydrogen) atoms. The van der Waals surface area contributed by atoms with E-state index in [1.807, 2.05) is 6.07 Å². The molecule has 112 valence electrons. The molecule has 0 amide bonds. The van der Waals surface area contributed by atoms with Crippen molar-refractivity contribution in [2.45, 2.75) is 26.9 Å². The van der Waals surface area contributed by atoms with E-state index in [0.717, 1.165) is 32.7 Å². The molecule has 1 atom stereocenters. The van der Waals surface area contributed by atoms with E-state index < -0.39 is 6.10 Å². The van der Waals surface area contributed by atoms with Crippen molar-refractivity contribution in [1.29, 1.82) is 0 Å². The first-order valence-corrected chi connectivity index (χ1v) is 7.42. The van der Waals surface area contributed by atoms with Gasteiger partial charge in [-0.25, -0.2) is 4.39 Å². The summed E-state index contributed by atoms with van der Waals surface area (Å²) in [4.78, 5) is 4.48. The van der Waals surface area contributed by atoms with Gasteiger partial charge >= 0.3 is 0 Å². The lowest BCUT2D eigenvalue weighted by molar-refractivity contribution is 0.197. The second-order valence-corrected chi connectivity index (χ2v) is 6.04. The molecule has 1 fully saturated rings. The maximum Gasteiger partial charge on any atom is 0.146 e. The maximum absolute atomic E-state index is 14.1. The van der Waals surface area contributed by atoms with Gasteiger partial charge in [0.1, 0.15) is 5.82 Å². The smallest absolute Gasteiger partial charge is 0.146 e. The Balaban J connectivity index is 2.11. The third kappa shape index (κ3) is 3.49. The van der Waals surface area contributed by atoms with Crippen molar-refractivity contribution in [3.05, 3.63) is 29.6 Å². The normalized spacial score (nSPS) is 18.6. The Morgan fingerprint density at radius 2 is 1.80 bits per heavy atom. The van der Waals surface area contributed by atoms with Crippen molar-refractivity contribution in [2.24, 2.45) is 5.92 Å². The van der Waals surface area contributed by atoms with Crippen molar-refractivity contribution in [1.82, 2.24) is 4.90 Å². The van der Waals surface area contributed by atoms with Crippen LogP contribution in [0, 0.1) is 11.7 Å². The third-order valence-electron chi connectivity index (χ3n) is 3.78. The van der Waals surface area contributed by atoms with Crippen LogP contribution < -0.4 is 4.90 Å². The van der Waals surface area contributed by atoms with Gasteiger partial charge in [-0.15, -0.1) is 0 Å². The number of piperazine rings is 1. The van der Waals surface area contributed by atoms with Crippen LogP contribution in [0.25, 0.3) is 0 Å². The Hall–Kier alpha value is -1.13. The summed E-state index contributed by atoms with van der Waals surface area (Å²) in [5.74, 6) is 0.420. The molecule has 1 N–H and O–H groups in total. The largest absolute Gasteiger partial charge is 0.389 e. The van der Waals surface area contributed by atoms with Gasteiger partial charge in [-0.2, -0.15) is 0 Å². The molecule has 1 saturated heterocycles. The lowest BCUT2D eigenvalue weighted by atomic mass is 10.1. The highest BCUT2D eigenvalue weighted by Crippen LogP contribution is 2.30. The quantitative estimate of drug-likeness (QED) is 0.918. The van der Waals surface area contributed by atoms with E-state index in [4.69, 9.17) is 0 Å². The zero-order valence-corrected chi connectivity index (χ0v) is 12.6. The van der Waals surface area contributed by atoms with Crippen LogP contribution in [0.4, 0.5) is 10.1 Å². The van der Waals surface area contributed by atoms with E-state index in [2.05, 4.69) is 23.6 Å². The first-order valence-electron chi connectivity index (χ1n) is 7.42. The molecular formula is C16H25FN2O. The third-order valence-corrected chi connectivity index (χ3v) is 3.78. The molecule has 0 spiro atoms. The SMILES string of the molecule is CC(C)CN1CCN(c2c(F)cccc2[C@@H](C)O)CC1. The van der Waals surface area contributed by atoms with Gasteiger partial charge in [0.05, 0.1) is 11.8 Å². The van der Waals surface area contributed by atoms with Crippen molar-refractivity contribution in [3.63, 3.8) is 0 Å². The number of nitrogens with zero attached hydrogens (tertiary/aromatic N) is 2. The molecule has 1 aliphatic heterocycles. The molecule has 0 aliphatic carbocycles. The van der Waals surface area contributed by atoms with E-state index >= 15 is 0 Å². The molecular weight excluding hydrogens is 255 g/mol. The standard InChI is InChI=1S/C16H25FN2O/c1-12(2)11-18-7-9-19(10-8-18)16-14(13(3)20)5-4-6-15(16)17/h4-6,12-13,20H,7-11H2,1-3H3/t13-/m1/s1. The molecule has 1 aromatic rings. The second-order valence-electron chi connectivity index (χ2n) is 6.04. The Bertz CT molecular complexity index is 440. The van der Waals surface area contributed by atoms with Crippen LogP contribution >= 0.6 is 0 Å². The number of hydrogen-bond donors (Lipinski definition) is 1. The topological polar surface area (TPSA) is 26.7 Å². The molecule has 1 heterocycles. The highest BCUT2D eigenvalue weighted by Gasteiger charge is 2.23. The highest BCUT2D eigenvalue weighted by atomic mass is 19.1. The van der Waals surface area contributed by atoms with E-state index in [-0.39, 0.29) is 5.82 Å². The second kappa shape index (κ2) is 6.55. The molecule has 0 radical (unpaired) electrons. The molecule has 0 saturated carbocycles. The Morgan fingerprint density at radius 3 is 2.35 bits per heavy atom. The molecule has 0 unspecified atom stereocenters. The first-order chi connectivity index (χ1) is 9.49. The first kappa shape index (κ1) is 15.3. The number of aliphatic hydroxyl groups excluding tert-OH is 1. The number of halogens is 1. The number of para-hydroxylation sites is 1. The summed E-state index contributed by atoms with van der Waals surface area (Å²) in [6, 6.07) is 4.95. The number of anilines is 1. The Morgan fingerprint density at radius 1 is 1.15 bits per heavy atom. The monoisotopic (exact) mass is 280 g/mol. The lowest BCUT2D eigenvalue weighted by Gasteiger charge is -2.38. The van der Waals surface area contributed by atoms with Gasteiger partial charge in [0, 0.05) is 38.3 Å². The van der Waals surface area contributed by atoms with Crippen LogP contribution in [0.15, 0.2) is 18.2 Å². The minimum Gasteiger partial charge on any atom is -0.389 e. The average Bonchev–Trinajstić information content (AvgIpc) is 2.39. The minimum absolute atomic E-state index is 0.235. The summed E-state index contributed by atoms with van der Waals surface area (Å²) in [5, 5.41) is 9.83. The zero-order valence-electron chi connectivity index (χ0n) is 12.6. The molecule has 1 aliphatic rings. The van der Waals surface area contributed by atoms with Gasteiger partial charge in [-0.1, -0.05) is 26.0 Å². The molecule has 2 rings (SSSR count). The van der Waals surface area contributed by atoms with Crippen molar-refractivity contribution in [3.8, 4) is 0 Å². The van der Waals surface area contributed by atoms with E-state index in [9.17, 15) is 9.50 Å². The summed E-state index contributed by atoms with van der Waals surface area (Å²) in [6.07, 6.45) is -0.644. The Labute approximate surface area is 121 Å². The number of rotatable bonds is 4. The number of aliphatic hydroxyl groups is 1. The van der Waals surface area contributed by atoms with Gasteiger partial charge in [0.15, 0.2) is 0 Å². The Kier molecular flexibility index (Phi) is 5.00. The average molecular weight is 280 g/mol. The lowest BCUT2D eigenvalue weighted by Crippen LogP contribution is -2.48. The fraction of sp³-hybridized carbons (Fsp3) is 0.625. The summed E-state index contributed by atoms with van der Waals surface area (Å²) in [7, 11) is 0. The van der Waals surface area contributed by atoms with Crippen molar-refractivity contribution >= 4 is 5.69 Å². The predicted octanol–water partition coefficient (Wildman–Crippen LogP) is 2.66. The van der Waals surface area contributed by atoms with Crippen LogP contribution in [0.5, 0.6) is 0 Å². The summed E-state index contributed by atoms with van der Waals surface area (Å²) in [6.45, 7) is 10.7. The van der Waals surface area contributed by atoms with Gasteiger partial charge in [-0.3, -0.25) is 4.90 Å².